The van der Waals surface area contributed by atoms with Crippen LogP contribution in [0.15, 0.2) is 0 Å². The van der Waals surface area contributed by atoms with Crippen molar-refractivity contribution >= 4 is 5.97 Å². The molecule has 76 valence electrons. The third-order valence-electron chi connectivity index (χ3n) is 3.05. The lowest BCUT2D eigenvalue weighted by Crippen LogP contribution is -2.44. The Morgan fingerprint density at radius 2 is 1.92 bits per heavy atom. The van der Waals surface area contributed by atoms with Gasteiger partial charge in [0.05, 0.1) is 11.5 Å². The van der Waals surface area contributed by atoms with Crippen molar-refractivity contribution in [1.82, 2.24) is 0 Å². The second kappa shape index (κ2) is 2.98. The lowest BCUT2D eigenvalue weighted by Gasteiger charge is -2.43. The quantitative estimate of drug-likeness (QED) is 0.654. The highest BCUT2D eigenvalue weighted by molar-refractivity contribution is 5.71. The SMILES string of the molecule is CC1(C)C[C@@](C)(O)CCC1C(=O)O. The molecule has 13 heavy (non-hydrogen) atoms. The topological polar surface area (TPSA) is 57.5 Å². The maximum atomic E-state index is 10.9. The van der Waals surface area contributed by atoms with Crippen molar-refractivity contribution in [2.75, 3.05) is 0 Å². The summed E-state index contributed by atoms with van der Waals surface area (Å²) in [5.74, 6) is -1.05. The van der Waals surface area contributed by atoms with Gasteiger partial charge in [0.25, 0.3) is 0 Å². The van der Waals surface area contributed by atoms with Crippen molar-refractivity contribution < 1.29 is 15.0 Å². The van der Waals surface area contributed by atoms with Crippen molar-refractivity contribution in [1.29, 1.82) is 0 Å². The summed E-state index contributed by atoms with van der Waals surface area (Å²) in [5.41, 5.74) is -0.983. The molecule has 1 aliphatic carbocycles. The summed E-state index contributed by atoms with van der Waals surface area (Å²) in [4.78, 5) is 10.9. The fourth-order valence-electron chi connectivity index (χ4n) is 2.50. The number of carboxylic acid groups (broad SMARTS) is 1. The number of aliphatic carboxylic acids is 1. The molecule has 0 spiro atoms. The molecule has 1 saturated carbocycles. The van der Waals surface area contributed by atoms with Gasteiger partial charge in [-0.15, -0.1) is 0 Å². The number of carbonyl (C=O) groups is 1. The Morgan fingerprint density at radius 3 is 2.31 bits per heavy atom. The van der Waals surface area contributed by atoms with Crippen LogP contribution in [0.3, 0.4) is 0 Å². The highest BCUT2D eigenvalue weighted by atomic mass is 16.4. The summed E-state index contributed by atoms with van der Waals surface area (Å²) < 4.78 is 0. The second-order valence-electron chi connectivity index (χ2n) is 5.09. The van der Waals surface area contributed by atoms with Crippen molar-refractivity contribution in [3.8, 4) is 0 Å². The third kappa shape index (κ3) is 2.21. The smallest absolute Gasteiger partial charge is 0.307 e. The third-order valence-corrected chi connectivity index (χ3v) is 3.05. The molecule has 0 heterocycles. The lowest BCUT2D eigenvalue weighted by molar-refractivity contribution is -0.152. The second-order valence-corrected chi connectivity index (χ2v) is 5.09. The van der Waals surface area contributed by atoms with Crippen LogP contribution in [0.25, 0.3) is 0 Å². The van der Waals surface area contributed by atoms with Gasteiger partial charge in [-0.3, -0.25) is 4.79 Å². The molecule has 0 aromatic heterocycles. The molecule has 1 unspecified atom stereocenters. The lowest BCUT2D eigenvalue weighted by atomic mass is 9.64. The van der Waals surface area contributed by atoms with Crippen molar-refractivity contribution in [2.24, 2.45) is 11.3 Å². The highest BCUT2D eigenvalue weighted by Crippen LogP contribution is 2.44. The van der Waals surface area contributed by atoms with Gasteiger partial charge in [0.2, 0.25) is 0 Å². The normalized spacial score (nSPS) is 38.6. The van der Waals surface area contributed by atoms with E-state index in [2.05, 4.69) is 0 Å². The number of carboxylic acids is 1. The minimum Gasteiger partial charge on any atom is -0.481 e. The first kappa shape index (κ1) is 10.5. The van der Waals surface area contributed by atoms with E-state index in [9.17, 15) is 9.90 Å². The van der Waals surface area contributed by atoms with Crippen LogP contribution in [-0.4, -0.2) is 21.8 Å². The fraction of sp³-hybridized carbons (Fsp3) is 0.900. The zero-order valence-electron chi connectivity index (χ0n) is 8.50. The van der Waals surface area contributed by atoms with Gasteiger partial charge >= 0.3 is 5.97 Å². The van der Waals surface area contributed by atoms with E-state index in [4.69, 9.17) is 5.11 Å². The first-order valence-corrected chi connectivity index (χ1v) is 4.70. The number of aliphatic hydroxyl groups is 1. The molecule has 0 aliphatic heterocycles. The Kier molecular flexibility index (Phi) is 2.41. The van der Waals surface area contributed by atoms with E-state index in [-0.39, 0.29) is 11.3 Å². The van der Waals surface area contributed by atoms with E-state index in [1.165, 1.54) is 0 Å². The molecule has 2 N–H and O–H groups in total. The monoisotopic (exact) mass is 186 g/mol. The van der Waals surface area contributed by atoms with Gasteiger partial charge in [-0.25, -0.2) is 0 Å². The number of rotatable bonds is 1. The van der Waals surface area contributed by atoms with E-state index >= 15 is 0 Å². The van der Waals surface area contributed by atoms with Gasteiger partial charge < -0.3 is 10.2 Å². The van der Waals surface area contributed by atoms with Gasteiger partial charge in [0.1, 0.15) is 0 Å². The molecule has 1 aliphatic rings. The first-order chi connectivity index (χ1) is 5.75. The summed E-state index contributed by atoms with van der Waals surface area (Å²) in [6.07, 6.45) is 1.74. The fourth-order valence-corrected chi connectivity index (χ4v) is 2.50. The summed E-state index contributed by atoms with van der Waals surface area (Å²) >= 11 is 0. The van der Waals surface area contributed by atoms with E-state index in [1.807, 2.05) is 13.8 Å². The Bertz CT molecular complexity index is 218. The highest BCUT2D eigenvalue weighted by Gasteiger charge is 2.44. The first-order valence-electron chi connectivity index (χ1n) is 4.70. The summed E-state index contributed by atoms with van der Waals surface area (Å²) in [7, 11) is 0. The average Bonchev–Trinajstić information content (AvgIpc) is 1.79. The minimum absolute atomic E-state index is 0.298. The molecule has 3 heteroatoms. The summed E-state index contributed by atoms with van der Waals surface area (Å²) in [6, 6.07) is 0. The average molecular weight is 186 g/mol. The number of hydrogen-bond donors (Lipinski definition) is 2. The van der Waals surface area contributed by atoms with E-state index in [0.717, 1.165) is 0 Å². The molecule has 1 rings (SSSR count). The molecular formula is C10H18O3. The van der Waals surface area contributed by atoms with Crippen molar-refractivity contribution in [3.05, 3.63) is 0 Å². The van der Waals surface area contributed by atoms with Crippen LogP contribution in [0.4, 0.5) is 0 Å². The van der Waals surface area contributed by atoms with Crippen molar-refractivity contribution in [2.45, 2.75) is 45.6 Å². The Hall–Kier alpha value is -0.570. The van der Waals surface area contributed by atoms with Crippen LogP contribution >= 0.6 is 0 Å². The molecule has 0 aromatic carbocycles. The summed E-state index contributed by atoms with van der Waals surface area (Å²) in [6.45, 7) is 5.62. The van der Waals surface area contributed by atoms with Gasteiger partial charge in [-0.2, -0.15) is 0 Å². The Morgan fingerprint density at radius 1 is 1.38 bits per heavy atom. The largest absolute Gasteiger partial charge is 0.481 e. The molecule has 0 radical (unpaired) electrons. The molecule has 0 bridgehead atoms. The van der Waals surface area contributed by atoms with Gasteiger partial charge in [-0.05, 0) is 31.6 Å². The van der Waals surface area contributed by atoms with Crippen LogP contribution in [0, 0.1) is 11.3 Å². The number of hydrogen-bond acceptors (Lipinski definition) is 2. The molecule has 1 fully saturated rings. The molecular weight excluding hydrogens is 168 g/mol. The predicted octanol–water partition coefficient (Wildman–Crippen LogP) is 1.65. The van der Waals surface area contributed by atoms with Gasteiger partial charge in [0.15, 0.2) is 0 Å². The van der Waals surface area contributed by atoms with Crippen LogP contribution in [0.1, 0.15) is 40.0 Å². The Labute approximate surface area is 78.8 Å². The van der Waals surface area contributed by atoms with E-state index in [1.54, 1.807) is 6.92 Å². The molecule has 3 nitrogen and oxygen atoms in total. The van der Waals surface area contributed by atoms with Crippen LogP contribution < -0.4 is 0 Å². The molecule has 0 amide bonds. The van der Waals surface area contributed by atoms with Gasteiger partial charge in [0, 0.05) is 0 Å². The van der Waals surface area contributed by atoms with Crippen LogP contribution in [-0.2, 0) is 4.79 Å². The van der Waals surface area contributed by atoms with Gasteiger partial charge in [-0.1, -0.05) is 13.8 Å². The summed E-state index contributed by atoms with van der Waals surface area (Å²) in [5, 5.41) is 18.8. The predicted molar refractivity (Wildman–Crippen MR) is 49.4 cm³/mol. The maximum Gasteiger partial charge on any atom is 0.307 e. The zero-order chi connectivity index (χ0) is 10.3. The Balaban J connectivity index is 2.79. The van der Waals surface area contributed by atoms with E-state index in [0.29, 0.717) is 19.3 Å². The van der Waals surface area contributed by atoms with Crippen LogP contribution in [0.5, 0.6) is 0 Å². The molecule has 0 aromatic rings. The van der Waals surface area contributed by atoms with E-state index < -0.39 is 11.6 Å². The molecule has 2 atom stereocenters. The zero-order valence-corrected chi connectivity index (χ0v) is 8.50. The standard InChI is InChI=1S/C10H18O3/c1-9(2)6-10(3,13)5-4-7(9)8(11)12/h7,13H,4-6H2,1-3H3,(H,11,12)/t7?,10-/m0/s1. The van der Waals surface area contributed by atoms with Crippen molar-refractivity contribution in [3.63, 3.8) is 0 Å². The maximum absolute atomic E-state index is 10.9. The van der Waals surface area contributed by atoms with Crippen LogP contribution in [0.2, 0.25) is 0 Å². The minimum atomic E-state index is -0.736. The molecule has 0 saturated heterocycles.